The molecule has 0 spiro atoms. The molecule has 105 valence electrons. The minimum absolute atomic E-state index is 0.585. The molecule has 0 aliphatic heterocycles. The highest BCUT2D eigenvalue weighted by Gasteiger charge is 2.13. The van der Waals surface area contributed by atoms with E-state index in [1.165, 1.54) is 30.4 Å². The third-order valence-electron chi connectivity index (χ3n) is 4.06. The number of hydrogen-bond acceptors (Lipinski definition) is 0. The summed E-state index contributed by atoms with van der Waals surface area (Å²) in [5, 5.41) is 0. The third kappa shape index (κ3) is 4.52. The summed E-state index contributed by atoms with van der Waals surface area (Å²) in [4.78, 5) is 0. The summed E-state index contributed by atoms with van der Waals surface area (Å²) in [6.45, 7) is 4.56. The Labute approximate surface area is 123 Å². The normalized spacial score (nSPS) is 13.9. The lowest BCUT2D eigenvalue weighted by Crippen LogP contribution is -2.06. The fourth-order valence-corrected chi connectivity index (χ4v) is 2.77. The highest BCUT2D eigenvalue weighted by atomic mass is 14.2. The summed E-state index contributed by atoms with van der Waals surface area (Å²) < 4.78 is 0. The Morgan fingerprint density at radius 2 is 1.50 bits per heavy atom. The SMILES string of the molecule is C[CH]C(CC(C)CCc1ccccc1)c1ccccc1. The van der Waals surface area contributed by atoms with Crippen LogP contribution < -0.4 is 0 Å². The van der Waals surface area contributed by atoms with Crippen LogP contribution in [0.3, 0.4) is 0 Å². The van der Waals surface area contributed by atoms with Crippen LogP contribution in [0.2, 0.25) is 0 Å². The molecular formula is C20H25. The molecule has 0 heterocycles. The van der Waals surface area contributed by atoms with E-state index in [2.05, 4.69) is 80.9 Å². The van der Waals surface area contributed by atoms with Crippen molar-refractivity contribution in [2.45, 2.75) is 39.0 Å². The Hall–Kier alpha value is -1.56. The Balaban J connectivity index is 1.85. The second-order valence-corrected chi connectivity index (χ2v) is 5.72. The van der Waals surface area contributed by atoms with Gasteiger partial charge in [-0.05, 0) is 48.6 Å². The van der Waals surface area contributed by atoms with Gasteiger partial charge in [-0.25, -0.2) is 0 Å². The highest BCUT2D eigenvalue weighted by Crippen LogP contribution is 2.28. The molecule has 0 amide bonds. The molecule has 2 aromatic carbocycles. The van der Waals surface area contributed by atoms with Crippen LogP contribution in [0, 0.1) is 12.3 Å². The highest BCUT2D eigenvalue weighted by molar-refractivity contribution is 5.22. The zero-order valence-corrected chi connectivity index (χ0v) is 12.6. The average molecular weight is 265 g/mol. The zero-order chi connectivity index (χ0) is 14.2. The molecule has 2 rings (SSSR count). The van der Waals surface area contributed by atoms with Crippen molar-refractivity contribution in [3.05, 3.63) is 78.2 Å². The molecule has 1 radical (unpaired) electrons. The van der Waals surface area contributed by atoms with Gasteiger partial charge in [0.2, 0.25) is 0 Å². The van der Waals surface area contributed by atoms with Crippen molar-refractivity contribution < 1.29 is 0 Å². The van der Waals surface area contributed by atoms with E-state index in [0.717, 1.165) is 5.92 Å². The molecule has 0 saturated carbocycles. The average Bonchev–Trinajstić information content (AvgIpc) is 2.52. The molecular weight excluding hydrogens is 240 g/mol. The lowest BCUT2D eigenvalue weighted by Gasteiger charge is -2.20. The van der Waals surface area contributed by atoms with Gasteiger partial charge in [0, 0.05) is 0 Å². The standard InChI is InChI=1S/C20H25/c1-3-19(20-12-8-5-9-13-20)16-17(2)14-15-18-10-6-4-7-11-18/h3-13,17,19H,14-16H2,1-2H3. The maximum atomic E-state index is 2.38. The Bertz CT molecular complexity index is 472. The van der Waals surface area contributed by atoms with Crippen molar-refractivity contribution in [3.8, 4) is 0 Å². The van der Waals surface area contributed by atoms with Crippen molar-refractivity contribution in [2.75, 3.05) is 0 Å². The predicted octanol–water partition coefficient (Wildman–Crippen LogP) is 5.65. The molecule has 0 saturated heterocycles. The van der Waals surface area contributed by atoms with E-state index in [1.54, 1.807) is 0 Å². The monoisotopic (exact) mass is 265 g/mol. The van der Waals surface area contributed by atoms with Crippen molar-refractivity contribution in [1.29, 1.82) is 0 Å². The van der Waals surface area contributed by atoms with Crippen LogP contribution in [0.4, 0.5) is 0 Å². The molecule has 2 aromatic rings. The van der Waals surface area contributed by atoms with Crippen molar-refractivity contribution in [1.82, 2.24) is 0 Å². The summed E-state index contributed by atoms with van der Waals surface area (Å²) in [7, 11) is 0. The molecule has 0 nitrogen and oxygen atoms in total. The van der Waals surface area contributed by atoms with Gasteiger partial charge in [0.1, 0.15) is 0 Å². The van der Waals surface area contributed by atoms with Crippen LogP contribution >= 0.6 is 0 Å². The lowest BCUT2D eigenvalue weighted by molar-refractivity contribution is 0.460. The van der Waals surface area contributed by atoms with Crippen LogP contribution in [0.25, 0.3) is 0 Å². The van der Waals surface area contributed by atoms with Crippen molar-refractivity contribution >= 4 is 0 Å². The van der Waals surface area contributed by atoms with Gasteiger partial charge in [0.25, 0.3) is 0 Å². The third-order valence-corrected chi connectivity index (χ3v) is 4.06. The maximum absolute atomic E-state index is 2.38. The Morgan fingerprint density at radius 1 is 0.900 bits per heavy atom. The topological polar surface area (TPSA) is 0 Å². The molecule has 0 aliphatic rings. The largest absolute Gasteiger partial charge is 0.0625 e. The Kier molecular flexibility index (Phi) is 5.86. The fourth-order valence-electron chi connectivity index (χ4n) is 2.77. The second kappa shape index (κ2) is 7.89. The molecule has 0 N–H and O–H groups in total. The van der Waals surface area contributed by atoms with Crippen molar-refractivity contribution in [3.63, 3.8) is 0 Å². The van der Waals surface area contributed by atoms with E-state index >= 15 is 0 Å². The lowest BCUT2D eigenvalue weighted by atomic mass is 9.85. The number of hydrogen-bond donors (Lipinski definition) is 0. The number of aryl methyl sites for hydroxylation is 1. The molecule has 0 aliphatic carbocycles. The molecule has 0 heteroatoms. The Morgan fingerprint density at radius 3 is 2.10 bits per heavy atom. The van der Waals surface area contributed by atoms with Crippen LogP contribution in [0.15, 0.2) is 60.7 Å². The summed E-state index contributed by atoms with van der Waals surface area (Å²) in [6, 6.07) is 21.7. The zero-order valence-electron chi connectivity index (χ0n) is 12.6. The predicted molar refractivity (Wildman–Crippen MR) is 87.7 cm³/mol. The molecule has 2 unspecified atom stereocenters. The van der Waals surface area contributed by atoms with Gasteiger partial charge in [0.05, 0.1) is 0 Å². The summed E-state index contributed by atoms with van der Waals surface area (Å²) in [5.41, 5.74) is 2.90. The van der Waals surface area contributed by atoms with Gasteiger partial charge >= 0.3 is 0 Å². The van der Waals surface area contributed by atoms with Crippen LogP contribution in [-0.4, -0.2) is 0 Å². The summed E-state index contributed by atoms with van der Waals surface area (Å²) >= 11 is 0. The maximum Gasteiger partial charge on any atom is -0.0131 e. The minimum atomic E-state index is 0.585. The van der Waals surface area contributed by atoms with E-state index in [-0.39, 0.29) is 0 Å². The first kappa shape index (κ1) is 14.8. The smallest absolute Gasteiger partial charge is 0.0131 e. The number of rotatable bonds is 7. The van der Waals surface area contributed by atoms with Crippen LogP contribution in [0.1, 0.15) is 43.7 Å². The second-order valence-electron chi connectivity index (χ2n) is 5.72. The first-order valence-corrected chi connectivity index (χ1v) is 7.68. The van der Waals surface area contributed by atoms with E-state index in [4.69, 9.17) is 0 Å². The van der Waals surface area contributed by atoms with Crippen LogP contribution in [-0.2, 0) is 6.42 Å². The fraction of sp³-hybridized carbons (Fsp3) is 0.350. The first-order valence-electron chi connectivity index (χ1n) is 7.68. The van der Waals surface area contributed by atoms with Gasteiger partial charge < -0.3 is 0 Å². The molecule has 2 atom stereocenters. The quantitative estimate of drug-likeness (QED) is 0.606. The van der Waals surface area contributed by atoms with E-state index in [9.17, 15) is 0 Å². The van der Waals surface area contributed by atoms with Crippen molar-refractivity contribution in [2.24, 2.45) is 5.92 Å². The van der Waals surface area contributed by atoms with Gasteiger partial charge in [0.15, 0.2) is 0 Å². The van der Waals surface area contributed by atoms with Crippen LogP contribution in [0.5, 0.6) is 0 Å². The summed E-state index contributed by atoms with van der Waals surface area (Å²) in [6.07, 6.45) is 6.04. The van der Waals surface area contributed by atoms with Gasteiger partial charge in [-0.1, -0.05) is 74.5 Å². The minimum Gasteiger partial charge on any atom is -0.0625 e. The van der Waals surface area contributed by atoms with E-state index < -0.39 is 0 Å². The summed E-state index contributed by atoms with van der Waals surface area (Å²) in [5.74, 6) is 1.33. The van der Waals surface area contributed by atoms with Gasteiger partial charge in [-0.2, -0.15) is 0 Å². The first-order chi connectivity index (χ1) is 9.79. The molecule has 0 fully saturated rings. The van der Waals surface area contributed by atoms with Gasteiger partial charge in [-0.3, -0.25) is 0 Å². The molecule has 20 heavy (non-hydrogen) atoms. The number of benzene rings is 2. The van der Waals surface area contributed by atoms with E-state index in [0.29, 0.717) is 5.92 Å². The van der Waals surface area contributed by atoms with E-state index in [1.807, 2.05) is 0 Å². The molecule has 0 aromatic heterocycles. The molecule has 0 bridgehead atoms. The van der Waals surface area contributed by atoms with Gasteiger partial charge in [-0.15, -0.1) is 0 Å².